The van der Waals surface area contributed by atoms with E-state index < -0.39 is 5.82 Å². The number of anilines is 1. The molecule has 9 heteroatoms. The van der Waals surface area contributed by atoms with E-state index in [0.717, 1.165) is 18.5 Å². The van der Waals surface area contributed by atoms with Crippen molar-refractivity contribution in [3.05, 3.63) is 53.8 Å². The van der Waals surface area contributed by atoms with E-state index in [1.165, 1.54) is 25.0 Å². The standard InChI is InChI=1S/C23H22ClFN6O/c1-30-15-3-4-16(30)12-14(11-15)27-22-26-7-6-19(28-22)21-20(29-23-31(21)8-9-32-23)17-5-2-13(25)10-18(17)24/h2,5-10,14-16H,3-4,11-12H2,1H3,(H,26,27,28)/t14?,15-,16?/m1/s1. The molecule has 2 saturated heterocycles. The zero-order chi connectivity index (χ0) is 21.8. The van der Waals surface area contributed by atoms with Gasteiger partial charge in [0, 0.05) is 36.1 Å². The van der Waals surface area contributed by atoms with Crippen molar-refractivity contribution in [2.45, 2.75) is 43.8 Å². The van der Waals surface area contributed by atoms with Crippen LogP contribution in [0.3, 0.4) is 0 Å². The highest BCUT2D eigenvalue weighted by Gasteiger charge is 2.38. The van der Waals surface area contributed by atoms with Gasteiger partial charge in [-0.05, 0) is 57.0 Å². The Bertz CT molecular complexity index is 1290. The maximum absolute atomic E-state index is 13.6. The number of piperidine rings is 1. The molecule has 0 aliphatic carbocycles. The Labute approximate surface area is 189 Å². The molecule has 32 heavy (non-hydrogen) atoms. The number of fused-ring (bicyclic) bond motifs is 3. The predicted octanol–water partition coefficient (Wildman–Crippen LogP) is 4.88. The Hall–Kier alpha value is -2.97. The van der Waals surface area contributed by atoms with Crippen molar-refractivity contribution in [3.63, 3.8) is 0 Å². The van der Waals surface area contributed by atoms with Crippen molar-refractivity contribution < 1.29 is 8.81 Å². The van der Waals surface area contributed by atoms with E-state index in [0.29, 0.717) is 46.9 Å². The highest BCUT2D eigenvalue weighted by Crippen LogP contribution is 2.37. The van der Waals surface area contributed by atoms with E-state index in [2.05, 4.69) is 27.2 Å². The molecule has 0 spiro atoms. The number of halogens is 2. The lowest BCUT2D eigenvalue weighted by Crippen LogP contribution is -2.44. The average Bonchev–Trinajstić information content (AvgIpc) is 3.40. The van der Waals surface area contributed by atoms with Crippen LogP contribution in [0.2, 0.25) is 5.02 Å². The highest BCUT2D eigenvalue weighted by molar-refractivity contribution is 6.33. The number of nitrogens with one attached hydrogen (secondary N) is 1. The Kier molecular flexibility index (Phi) is 4.66. The summed E-state index contributed by atoms with van der Waals surface area (Å²) in [7, 11) is 2.23. The molecule has 3 atom stereocenters. The smallest absolute Gasteiger partial charge is 0.306 e. The van der Waals surface area contributed by atoms with Gasteiger partial charge >= 0.3 is 5.84 Å². The van der Waals surface area contributed by atoms with Gasteiger partial charge in [-0.15, -0.1) is 0 Å². The van der Waals surface area contributed by atoms with Crippen LogP contribution in [-0.4, -0.2) is 49.4 Å². The SMILES string of the molecule is CN1C2CC[C@@H]1CC(Nc1nccc(-c3c(-c4ccc(F)cc4Cl)nc4occn34)n1)C2. The molecule has 0 amide bonds. The first kappa shape index (κ1) is 19.7. The van der Waals surface area contributed by atoms with Gasteiger partial charge in [-0.1, -0.05) is 11.6 Å². The van der Waals surface area contributed by atoms with Crippen LogP contribution in [0.25, 0.3) is 28.5 Å². The van der Waals surface area contributed by atoms with E-state index in [1.807, 2.05) is 10.5 Å². The van der Waals surface area contributed by atoms with Gasteiger partial charge in [-0.3, -0.25) is 4.40 Å². The fourth-order valence-corrected chi connectivity index (χ4v) is 5.43. The molecule has 2 bridgehead atoms. The van der Waals surface area contributed by atoms with Gasteiger partial charge in [0.1, 0.15) is 23.5 Å². The van der Waals surface area contributed by atoms with Crippen molar-refractivity contribution >= 4 is 23.4 Å². The Balaban J connectivity index is 1.38. The molecule has 2 unspecified atom stereocenters. The molecule has 3 aromatic heterocycles. The lowest BCUT2D eigenvalue weighted by atomic mass is 9.98. The molecule has 1 aromatic carbocycles. The molecule has 6 rings (SSSR count). The van der Waals surface area contributed by atoms with E-state index >= 15 is 0 Å². The normalized spacial score (nSPS) is 23.2. The van der Waals surface area contributed by atoms with Crippen LogP contribution < -0.4 is 5.32 Å². The van der Waals surface area contributed by atoms with Gasteiger partial charge in [0.05, 0.1) is 10.7 Å². The Morgan fingerprint density at radius 2 is 1.97 bits per heavy atom. The zero-order valence-electron chi connectivity index (χ0n) is 17.5. The summed E-state index contributed by atoms with van der Waals surface area (Å²) in [5, 5.41) is 3.83. The molecular weight excluding hydrogens is 431 g/mol. The number of imidazole rings is 1. The summed E-state index contributed by atoms with van der Waals surface area (Å²) in [6.07, 6.45) is 9.79. The van der Waals surface area contributed by atoms with E-state index in [-0.39, 0.29) is 5.02 Å². The first-order valence-corrected chi connectivity index (χ1v) is 11.2. The van der Waals surface area contributed by atoms with Crippen LogP contribution in [0.1, 0.15) is 25.7 Å². The lowest BCUT2D eigenvalue weighted by Gasteiger charge is -2.36. The third-order valence-corrected chi connectivity index (χ3v) is 7.09. The second kappa shape index (κ2) is 7.56. The molecule has 2 aliphatic heterocycles. The van der Waals surface area contributed by atoms with Gasteiger partial charge in [-0.25, -0.2) is 14.4 Å². The van der Waals surface area contributed by atoms with Crippen molar-refractivity contribution in [3.8, 4) is 22.6 Å². The molecule has 1 N–H and O–H groups in total. The molecule has 2 aliphatic rings. The van der Waals surface area contributed by atoms with Crippen LogP contribution in [0.4, 0.5) is 10.3 Å². The van der Waals surface area contributed by atoms with E-state index in [1.54, 1.807) is 24.7 Å². The molecule has 5 heterocycles. The van der Waals surface area contributed by atoms with E-state index in [9.17, 15) is 4.39 Å². The van der Waals surface area contributed by atoms with Gasteiger partial charge in [0.15, 0.2) is 0 Å². The number of rotatable bonds is 4. The molecule has 164 valence electrons. The minimum absolute atomic E-state index is 0.279. The number of aromatic nitrogens is 4. The summed E-state index contributed by atoms with van der Waals surface area (Å²) in [4.78, 5) is 16.4. The summed E-state index contributed by atoms with van der Waals surface area (Å²) in [6.45, 7) is 0. The molecule has 4 aromatic rings. The minimum atomic E-state index is -0.399. The second-order valence-corrected chi connectivity index (χ2v) is 9.02. The fourth-order valence-electron chi connectivity index (χ4n) is 5.17. The maximum atomic E-state index is 13.6. The topological polar surface area (TPSA) is 71.5 Å². The van der Waals surface area contributed by atoms with Gasteiger partial charge in [0.25, 0.3) is 0 Å². The number of benzene rings is 1. The van der Waals surface area contributed by atoms with E-state index in [4.69, 9.17) is 21.0 Å². The van der Waals surface area contributed by atoms with Crippen molar-refractivity contribution in [2.24, 2.45) is 0 Å². The van der Waals surface area contributed by atoms with Crippen molar-refractivity contribution in [1.29, 1.82) is 0 Å². The van der Waals surface area contributed by atoms with Gasteiger partial charge < -0.3 is 14.6 Å². The maximum Gasteiger partial charge on any atom is 0.306 e. The summed E-state index contributed by atoms with van der Waals surface area (Å²) in [5.74, 6) is 0.602. The predicted molar refractivity (Wildman–Crippen MR) is 120 cm³/mol. The van der Waals surface area contributed by atoms with Crippen LogP contribution >= 0.6 is 11.6 Å². The van der Waals surface area contributed by atoms with Crippen molar-refractivity contribution in [2.75, 3.05) is 12.4 Å². The first-order valence-electron chi connectivity index (χ1n) is 10.8. The number of hydrogen-bond donors (Lipinski definition) is 1. The Morgan fingerprint density at radius 1 is 1.16 bits per heavy atom. The molecule has 0 saturated carbocycles. The van der Waals surface area contributed by atoms with Crippen LogP contribution in [-0.2, 0) is 0 Å². The number of hydrogen-bond acceptors (Lipinski definition) is 6. The minimum Gasteiger partial charge on any atom is -0.432 e. The molecule has 0 radical (unpaired) electrons. The number of oxazole rings is 1. The molecule has 2 fully saturated rings. The summed E-state index contributed by atoms with van der Waals surface area (Å²) >= 11 is 6.35. The lowest BCUT2D eigenvalue weighted by molar-refractivity contribution is 0.168. The average molecular weight is 453 g/mol. The largest absolute Gasteiger partial charge is 0.432 e. The van der Waals surface area contributed by atoms with Gasteiger partial charge in [0.2, 0.25) is 5.95 Å². The van der Waals surface area contributed by atoms with Crippen LogP contribution in [0.5, 0.6) is 0 Å². The Morgan fingerprint density at radius 3 is 2.75 bits per heavy atom. The third-order valence-electron chi connectivity index (χ3n) is 6.78. The van der Waals surface area contributed by atoms with Crippen LogP contribution in [0, 0.1) is 5.82 Å². The summed E-state index contributed by atoms with van der Waals surface area (Å²) < 4.78 is 21.0. The summed E-state index contributed by atoms with van der Waals surface area (Å²) in [5.41, 5.74) is 2.59. The van der Waals surface area contributed by atoms with Crippen LogP contribution in [0.15, 0.2) is 47.3 Å². The highest BCUT2D eigenvalue weighted by atomic mass is 35.5. The third kappa shape index (κ3) is 3.25. The number of nitrogens with zero attached hydrogens (tertiary/aromatic N) is 5. The second-order valence-electron chi connectivity index (χ2n) is 8.62. The monoisotopic (exact) mass is 452 g/mol. The first-order chi connectivity index (χ1) is 15.6. The summed E-state index contributed by atoms with van der Waals surface area (Å²) in [6, 6.07) is 7.71. The van der Waals surface area contributed by atoms with Crippen molar-refractivity contribution in [1.82, 2.24) is 24.3 Å². The van der Waals surface area contributed by atoms with Gasteiger partial charge in [-0.2, -0.15) is 4.98 Å². The zero-order valence-corrected chi connectivity index (χ0v) is 18.3. The molecule has 7 nitrogen and oxygen atoms in total. The molecular formula is C23H22ClFN6O. The quantitative estimate of drug-likeness (QED) is 0.475. The fraction of sp³-hybridized carbons (Fsp3) is 0.348.